The van der Waals surface area contributed by atoms with E-state index in [1.807, 2.05) is 4.90 Å². The van der Waals surface area contributed by atoms with Gasteiger partial charge in [0.25, 0.3) is 0 Å². The van der Waals surface area contributed by atoms with Crippen molar-refractivity contribution < 1.29 is 4.79 Å². The molecule has 1 fully saturated rings. The summed E-state index contributed by atoms with van der Waals surface area (Å²) in [5.41, 5.74) is 0.192. The monoisotopic (exact) mass is 241 g/mol. The molecule has 0 spiro atoms. The summed E-state index contributed by atoms with van der Waals surface area (Å²) < 4.78 is 0. The quantitative estimate of drug-likeness (QED) is 0.798. The molecule has 1 aliphatic heterocycles. The maximum absolute atomic E-state index is 11.3. The van der Waals surface area contributed by atoms with Crippen LogP contribution in [-0.2, 0) is 4.79 Å². The van der Waals surface area contributed by atoms with E-state index < -0.39 is 0 Å². The van der Waals surface area contributed by atoms with Gasteiger partial charge in [-0.3, -0.25) is 4.79 Å². The molecule has 1 aliphatic rings. The molecule has 1 N–H and O–H groups in total. The van der Waals surface area contributed by atoms with E-state index in [1.54, 1.807) is 6.92 Å². The SMILES string of the molecule is CC(=O)N1CCCN(CCNC(C)(C)C)CC1. The Hall–Kier alpha value is -0.610. The second kappa shape index (κ2) is 6.36. The van der Waals surface area contributed by atoms with E-state index in [4.69, 9.17) is 0 Å². The van der Waals surface area contributed by atoms with Crippen LogP contribution in [0, 0.1) is 0 Å². The molecular weight excluding hydrogens is 214 g/mol. The molecule has 1 amide bonds. The van der Waals surface area contributed by atoms with Crippen LogP contribution in [0.15, 0.2) is 0 Å². The zero-order valence-electron chi connectivity index (χ0n) is 11.8. The summed E-state index contributed by atoms with van der Waals surface area (Å²) in [5.74, 6) is 0.208. The number of carbonyl (C=O) groups excluding carboxylic acids is 1. The van der Waals surface area contributed by atoms with Crippen LogP contribution in [0.3, 0.4) is 0 Å². The predicted molar refractivity (Wildman–Crippen MR) is 71.1 cm³/mol. The molecule has 17 heavy (non-hydrogen) atoms. The van der Waals surface area contributed by atoms with Crippen molar-refractivity contribution in [1.29, 1.82) is 0 Å². The highest BCUT2D eigenvalue weighted by Gasteiger charge is 2.16. The zero-order valence-corrected chi connectivity index (χ0v) is 11.8. The molecule has 4 nitrogen and oxygen atoms in total. The highest BCUT2D eigenvalue weighted by molar-refractivity contribution is 5.73. The van der Waals surface area contributed by atoms with Crippen LogP contribution in [0.2, 0.25) is 0 Å². The Labute approximate surface area is 105 Å². The summed E-state index contributed by atoms with van der Waals surface area (Å²) >= 11 is 0. The van der Waals surface area contributed by atoms with Gasteiger partial charge in [-0.25, -0.2) is 0 Å². The van der Waals surface area contributed by atoms with Gasteiger partial charge in [0, 0.05) is 45.2 Å². The average molecular weight is 241 g/mol. The molecule has 1 rings (SSSR count). The fourth-order valence-corrected chi connectivity index (χ4v) is 2.10. The first-order chi connectivity index (χ1) is 7.88. The second-order valence-corrected chi connectivity index (χ2v) is 5.88. The van der Waals surface area contributed by atoms with Gasteiger partial charge in [0.2, 0.25) is 5.91 Å². The number of amides is 1. The fraction of sp³-hybridized carbons (Fsp3) is 0.923. The van der Waals surface area contributed by atoms with Gasteiger partial charge in [0.05, 0.1) is 0 Å². The third kappa shape index (κ3) is 6.03. The normalized spacial score (nSPS) is 19.2. The minimum atomic E-state index is 0.192. The van der Waals surface area contributed by atoms with Gasteiger partial charge in [-0.15, -0.1) is 0 Å². The average Bonchev–Trinajstić information content (AvgIpc) is 2.41. The van der Waals surface area contributed by atoms with Crippen LogP contribution < -0.4 is 5.32 Å². The highest BCUT2D eigenvalue weighted by Crippen LogP contribution is 2.03. The van der Waals surface area contributed by atoms with Crippen molar-refractivity contribution in [3.05, 3.63) is 0 Å². The van der Waals surface area contributed by atoms with Gasteiger partial charge >= 0.3 is 0 Å². The summed E-state index contributed by atoms with van der Waals surface area (Å²) in [6, 6.07) is 0. The van der Waals surface area contributed by atoms with E-state index in [9.17, 15) is 4.79 Å². The zero-order chi connectivity index (χ0) is 12.9. The molecule has 100 valence electrons. The number of nitrogens with zero attached hydrogens (tertiary/aromatic N) is 2. The van der Waals surface area contributed by atoms with E-state index in [-0.39, 0.29) is 11.4 Å². The first kappa shape index (κ1) is 14.5. The summed E-state index contributed by atoms with van der Waals surface area (Å²) in [6.07, 6.45) is 1.09. The topological polar surface area (TPSA) is 35.6 Å². The van der Waals surface area contributed by atoms with Crippen LogP contribution in [0.25, 0.3) is 0 Å². The van der Waals surface area contributed by atoms with Gasteiger partial charge in [0.15, 0.2) is 0 Å². The van der Waals surface area contributed by atoms with Gasteiger partial charge in [-0.1, -0.05) is 0 Å². The Kier molecular flexibility index (Phi) is 5.40. The Morgan fingerprint density at radius 3 is 2.47 bits per heavy atom. The van der Waals surface area contributed by atoms with Gasteiger partial charge in [-0.2, -0.15) is 0 Å². The van der Waals surface area contributed by atoms with Crippen molar-refractivity contribution in [2.24, 2.45) is 0 Å². The lowest BCUT2D eigenvalue weighted by Crippen LogP contribution is -2.42. The maximum atomic E-state index is 11.3. The van der Waals surface area contributed by atoms with Gasteiger partial charge < -0.3 is 15.1 Å². The lowest BCUT2D eigenvalue weighted by atomic mass is 10.1. The van der Waals surface area contributed by atoms with Crippen LogP contribution in [0.1, 0.15) is 34.1 Å². The van der Waals surface area contributed by atoms with E-state index in [1.165, 1.54) is 0 Å². The molecule has 1 heterocycles. The minimum Gasteiger partial charge on any atom is -0.342 e. The third-order valence-corrected chi connectivity index (χ3v) is 3.12. The number of carbonyl (C=O) groups is 1. The van der Waals surface area contributed by atoms with Crippen molar-refractivity contribution in [1.82, 2.24) is 15.1 Å². The van der Waals surface area contributed by atoms with E-state index >= 15 is 0 Å². The Balaban J connectivity index is 2.25. The molecule has 0 unspecified atom stereocenters. The van der Waals surface area contributed by atoms with Crippen molar-refractivity contribution in [2.75, 3.05) is 39.3 Å². The fourth-order valence-electron chi connectivity index (χ4n) is 2.10. The summed E-state index contributed by atoms with van der Waals surface area (Å²) in [5, 5.41) is 3.50. The first-order valence-electron chi connectivity index (χ1n) is 6.61. The van der Waals surface area contributed by atoms with Gasteiger partial charge in [-0.05, 0) is 33.7 Å². The van der Waals surface area contributed by atoms with E-state index in [0.29, 0.717) is 0 Å². The van der Waals surface area contributed by atoms with Crippen LogP contribution >= 0.6 is 0 Å². The van der Waals surface area contributed by atoms with Crippen molar-refractivity contribution in [2.45, 2.75) is 39.7 Å². The maximum Gasteiger partial charge on any atom is 0.219 e. The molecule has 0 aromatic heterocycles. The molecule has 0 radical (unpaired) electrons. The molecule has 0 aliphatic carbocycles. The van der Waals surface area contributed by atoms with Crippen LogP contribution in [0.4, 0.5) is 0 Å². The summed E-state index contributed by atoms with van der Waals surface area (Å²) in [7, 11) is 0. The van der Waals surface area contributed by atoms with Crippen molar-refractivity contribution in [3.8, 4) is 0 Å². The number of hydrogen-bond acceptors (Lipinski definition) is 3. The molecule has 0 aromatic carbocycles. The third-order valence-electron chi connectivity index (χ3n) is 3.12. The highest BCUT2D eigenvalue weighted by atomic mass is 16.2. The smallest absolute Gasteiger partial charge is 0.219 e. The lowest BCUT2D eigenvalue weighted by Gasteiger charge is -2.25. The minimum absolute atomic E-state index is 0.192. The molecule has 0 bridgehead atoms. The Morgan fingerprint density at radius 2 is 1.88 bits per heavy atom. The molecule has 0 aromatic rings. The predicted octanol–water partition coefficient (Wildman–Crippen LogP) is 0.929. The van der Waals surface area contributed by atoms with E-state index in [0.717, 1.165) is 45.7 Å². The Bertz CT molecular complexity index is 248. The molecule has 4 heteroatoms. The number of nitrogens with one attached hydrogen (secondary N) is 1. The standard InChI is InChI=1S/C13H27N3O/c1-12(17)16-8-5-7-15(10-11-16)9-6-14-13(2,3)4/h14H,5-11H2,1-4H3. The Morgan fingerprint density at radius 1 is 1.18 bits per heavy atom. The summed E-state index contributed by atoms with van der Waals surface area (Å²) in [6.45, 7) is 14.2. The lowest BCUT2D eigenvalue weighted by molar-refractivity contribution is -0.128. The molecule has 0 saturated carbocycles. The number of hydrogen-bond donors (Lipinski definition) is 1. The molecule has 1 saturated heterocycles. The van der Waals surface area contributed by atoms with Crippen molar-refractivity contribution in [3.63, 3.8) is 0 Å². The summed E-state index contributed by atoms with van der Waals surface area (Å²) in [4.78, 5) is 15.7. The van der Waals surface area contributed by atoms with Gasteiger partial charge in [0.1, 0.15) is 0 Å². The van der Waals surface area contributed by atoms with Crippen molar-refractivity contribution >= 4 is 5.91 Å². The number of rotatable bonds is 3. The molecule has 0 atom stereocenters. The molecular formula is C13H27N3O. The second-order valence-electron chi connectivity index (χ2n) is 5.88. The largest absolute Gasteiger partial charge is 0.342 e. The van der Waals surface area contributed by atoms with Crippen LogP contribution in [-0.4, -0.2) is 60.5 Å². The first-order valence-corrected chi connectivity index (χ1v) is 6.61. The van der Waals surface area contributed by atoms with Crippen LogP contribution in [0.5, 0.6) is 0 Å². The van der Waals surface area contributed by atoms with E-state index in [2.05, 4.69) is 31.0 Å².